The zero-order valence-corrected chi connectivity index (χ0v) is 18.3. The van der Waals surface area contributed by atoms with E-state index in [1.54, 1.807) is 6.92 Å². The number of thioether (sulfide) groups is 1. The smallest absolute Gasteiger partial charge is 0.219 e. The Morgan fingerprint density at radius 3 is 2.65 bits per heavy atom. The minimum atomic E-state index is 0.167. The summed E-state index contributed by atoms with van der Waals surface area (Å²) in [5.41, 5.74) is 1.25. The Labute approximate surface area is 169 Å². The van der Waals surface area contributed by atoms with E-state index < -0.39 is 0 Å². The Morgan fingerprint density at radius 1 is 1.27 bits per heavy atom. The minimum Gasteiger partial charge on any atom is -0.336 e. The topological polar surface area (TPSA) is 20.3 Å². The second-order valence-electron chi connectivity index (χ2n) is 6.85. The van der Waals surface area contributed by atoms with Gasteiger partial charge in [-0.15, -0.1) is 0 Å². The molecule has 2 unspecified atom stereocenters. The maximum atomic E-state index is 12.1. The van der Waals surface area contributed by atoms with Crippen LogP contribution in [0.3, 0.4) is 0 Å². The van der Waals surface area contributed by atoms with E-state index in [2.05, 4.69) is 39.0 Å². The van der Waals surface area contributed by atoms with E-state index in [1.165, 1.54) is 24.2 Å². The van der Waals surface area contributed by atoms with E-state index in [9.17, 15) is 4.79 Å². The van der Waals surface area contributed by atoms with Gasteiger partial charge in [-0.3, -0.25) is 4.79 Å². The van der Waals surface area contributed by atoms with Crippen molar-refractivity contribution in [3.8, 4) is 0 Å². The highest BCUT2D eigenvalue weighted by molar-refractivity contribution is 7.99. The number of rotatable bonds is 12. The molecule has 0 aromatic heterocycles. The molecule has 2 atom stereocenters. The summed E-state index contributed by atoms with van der Waals surface area (Å²) in [5, 5.41) is 0.786. The molecule has 1 aromatic rings. The van der Waals surface area contributed by atoms with Gasteiger partial charge in [-0.1, -0.05) is 63.1 Å². The number of halogens is 1. The molecular weight excluding hydrogens is 362 g/mol. The van der Waals surface area contributed by atoms with Crippen LogP contribution in [0.25, 0.3) is 0 Å². The van der Waals surface area contributed by atoms with Crippen molar-refractivity contribution in [3.63, 3.8) is 0 Å². The van der Waals surface area contributed by atoms with Crippen LogP contribution in [0, 0.1) is 5.92 Å². The van der Waals surface area contributed by atoms with Crippen LogP contribution in [-0.2, 0) is 11.2 Å². The Morgan fingerprint density at radius 2 is 2.04 bits per heavy atom. The van der Waals surface area contributed by atoms with E-state index in [1.807, 2.05) is 34.9 Å². The van der Waals surface area contributed by atoms with Crippen LogP contribution in [0.4, 0.5) is 0 Å². The molecule has 0 heterocycles. The second kappa shape index (κ2) is 13.3. The number of unbranched alkanes of at least 4 members (excludes halogenated alkanes) is 1. The number of carbonyl (C=O) groups is 1. The normalized spacial score (nSPS) is 13.7. The molecule has 0 aliphatic rings. The lowest BCUT2D eigenvalue weighted by atomic mass is 9.99. The van der Waals surface area contributed by atoms with Gasteiger partial charge < -0.3 is 4.90 Å². The summed E-state index contributed by atoms with van der Waals surface area (Å²) in [6, 6.07) is 8.22. The molecule has 0 fully saturated rings. The van der Waals surface area contributed by atoms with Gasteiger partial charge in [0.2, 0.25) is 5.91 Å². The summed E-state index contributed by atoms with van der Waals surface area (Å²) in [4.78, 5) is 14.1. The maximum Gasteiger partial charge on any atom is 0.219 e. The largest absolute Gasteiger partial charge is 0.336 e. The molecule has 0 bridgehead atoms. The first kappa shape index (κ1) is 23.1. The average Bonchev–Trinajstić information content (AvgIpc) is 2.59. The van der Waals surface area contributed by atoms with Crippen molar-refractivity contribution < 1.29 is 4.79 Å². The van der Waals surface area contributed by atoms with Crippen molar-refractivity contribution >= 4 is 29.3 Å². The summed E-state index contributed by atoms with van der Waals surface area (Å²) in [7, 11) is 0. The van der Waals surface area contributed by atoms with Gasteiger partial charge in [0.1, 0.15) is 0 Å². The van der Waals surface area contributed by atoms with Gasteiger partial charge in [-0.2, -0.15) is 11.8 Å². The predicted octanol–water partition coefficient (Wildman–Crippen LogP) is 6.24. The number of benzene rings is 1. The van der Waals surface area contributed by atoms with Gasteiger partial charge in [0.15, 0.2) is 0 Å². The van der Waals surface area contributed by atoms with E-state index in [-0.39, 0.29) is 11.9 Å². The van der Waals surface area contributed by atoms with Crippen molar-refractivity contribution in [2.24, 2.45) is 5.92 Å². The SMILES string of the molecule is CCCCSCCN(C(C)=O)C(/C=C/C(C)Cc1cccc(Cl)c1)CC. The van der Waals surface area contributed by atoms with Gasteiger partial charge in [0.05, 0.1) is 0 Å². The van der Waals surface area contributed by atoms with Gasteiger partial charge >= 0.3 is 0 Å². The van der Waals surface area contributed by atoms with Crippen molar-refractivity contribution in [2.45, 2.75) is 59.4 Å². The van der Waals surface area contributed by atoms with Crippen LogP contribution >= 0.6 is 23.4 Å². The van der Waals surface area contributed by atoms with Crippen LogP contribution in [0.1, 0.15) is 52.5 Å². The van der Waals surface area contributed by atoms with Gasteiger partial charge in [-0.05, 0) is 48.6 Å². The molecule has 0 aliphatic heterocycles. The Balaban J connectivity index is 2.59. The molecule has 1 aromatic carbocycles. The summed E-state index contributed by atoms with van der Waals surface area (Å²) < 4.78 is 0. The fourth-order valence-electron chi connectivity index (χ4n) is 2.95. The fourth-order valence-corrected chi connectivity index (χ4v) is 4.19. The third kappa shape index (κ3) is 9.14. The van der Waals surface area contributed by atoms with Crippen LogP contribution in [-0.4, -0.2) is 34.9 Å². The molecule has 0 N–H and O–H groups in total. The molecule has 1 amide bonds. The number of hydrogen-bond acceptors (Lipinski definition) is 2. The van der Waals surface area contributed by atoms with E-state index in [0.29, 0.717) is 5.92 Å². The third-order valence-corrected chi connectivity index (χ3v) is 5.73. The monoisotopic (exact) mass is 395 g/mol. The predicted molar refractivity (Wildman–Crippen MR) is 117 cm³/mol. The summed E-state index contributed by atoms with van der Waals surface area (Å²) in [6.07, 6.45) is 8.85. The first-order valence-electron chi connectivity index (χ1n) is 9.75. The van der Waals surface area contributed by atoms with Crippen molar-refractivity contribution in [1.29, 1.82) is 0 Å². The Bertz CT molecular complexity index is 561. The molecule has 26 heavy (non-hydrogen) atoms. The number of carbonyl (C=O) groups excluding carboxylic acids is 1. The van der Waals surface area contributed by atoms with Crippen LogP contribution in [0.5, 0.6) is 0 Å². The number of nitrogens with zero attached hydrogens (tertiary/aromatic N) is 1. The first-order valence-corrected chi connectivity index (χ1v) is 11.3. The summed E-state index contributed by atoms with van der Waals surface area (Å²) in [5.74, 6) is 2.78. The maximum absolute atomic E-state index is 12.1. The lowest BCUT2D eigenvalue weighted by Crippen LogP contribution is -2.39. The highest BCUT2D eigenvalue weighted by atomic mass is 35.5. The number of allylic oxidation sites excluding steroid dienone is 1. The molecule has 0 spiro atoms. The zero-order valence-electron chi connectivity index (χ0n) is 16.7. The third-order valence-electron chi connectivity index (χ3n) is 4.45. The molecule has 4 heteroatoms. The van der Waals surface area contributed by atoms with E-state index in [0.717, 1.165) is 30.2 Å². The Kier molecular flexibility index (Phi) is 11.8. The van der Waals surface area contributed by atoms with Crippen molar-refractivity contribution in [2.75, 3.05) is 18.1 Å². The highest BCUT2D eigenvalue weighted by Gasteiger charge is 2.16. The molecule has 0 saturated carbocycles. The van der Waals surface area contributed by atoms with Crippen molar-refractivity contribution in [1.82, 2.24) is 4.90 Å². The lowest BCUT2D eigenvalue weighted by Gasteiger charge is -2.28. The van der Waals surface area contributed by atoms with E-state index >= 15 is 0 Å². The highest BCUT2D eigenvalue weighted by Crippen LogP contribution is 2.17. The lowest BCUT2D eigenvalue weighted by molar-refractivity contribution is -0.130. The molecular formula is C22H34ClNOS. The Hall–Kier alpha value is -0.930. The van der Waals surface area contributed by atoms with Gasteiger partial charge in [0, 0.05) is 30.3 Å². The standard InChI is InChI=1S/C22H34ClNOS/c1-5-7-14-26-15-13-24(19(4)25)22(6-2)12-11-18(3)16-20-9-8-10-21(23)17-20/h8-12,17-18,22H,5-7,13-16H2,1-4H3/b12-11+. The average molecular weight is 396 g/mol. The molecule has 2 nitrogen and oxygen atoms in total. The molecule has 0 saturated heterocycles. The summed E-state index contributed by atoms with van der Waals surface area (Å²) in [6.45, 7) is 9.09. The minimum absolute atomic E-state index is 0.167. The summed E-state index contributed by atoms with van der Waals surface area (Å²) >= 11 is 8.02. The molecule has 146 valence electrons. The first-order chi connectivity index (χ1) is 12.5. The van der Waals surface area contributed by atoms with Gasteiger partial charge in [0.25, 0.3) is 0 Å². The number of amides is 1. The zero-order chi connectivity index (χ0) is 19.4. The van der Waals surface area contributed by atoms with E-state index in [4.69, 9.17) is 11.6 Å². The quantitative estimate of drug-likeness (QED) is 0.308. The van der Waals surface area contributed by atoms with Gasteiger partial charge in [-0.25, -0.2) is 0 Å². The molecule has 0 radical (unpaired) electrons. The fraction of sp³-hybridized carbons (Fsp3) is 0.591. The van der Waals surface area contributed by atoms with Crippen LogP contribution in [0.15, 0.2) is 36.4 Å². The molecule has 1 rings (SSSR count). The van der Waals surface area contributed by atoms with Crippen LogP contribution < -0.4 is 0 Å². The number of hydrogen-bond donors (Lipinski definition) is 0. The van der Waals surface area contributed by atoms with Crippen LogP contribution in [0.2, 0.25) is 5.02 Å². The molecule has 0 aliphatic carbocycles. The van der Waals surface area contributed by atoms with Crippen molar-refractivity contribution in [3.05, 3.63) is 47.0 Å². The second-order valence-corrected chi connectivity index (χ2v) is 8.51.